The van der Waals surface area contributed by atoms with E-state index in [0.717, 1.165) is 0 Å². The van der Waals surface area contributed by atoms with Crippen molar-refractivity contribution in [1.29, 1.82) is 0 Å². The first-order valence-corrected chi connectivity index (χ1v) is 5.64. The molecule has 1 unspecified atom stereocenters. The standard InChI is InChI=1S/C8H11FN2O3S/c9-7-4-2-1-3-6(7)8(12)5-11-15(10,13)14/h1-4,8,11-12H,5H2,(H2,10,13,14). The predicted molar refractivity (Wildman–Crippen MR) is 52.5 cm³/mol. The summed E-state index contributed by atoms with van der Waals surface area (Å²) in [5.41, 5.74) is 0.0219. The van der Waals surface area contributed by atoms with Crippen LogP contribution in [0.15, 0.2) is 24.3 Å². The van der Waals surface area contributed by atoms with E-state index in [1.54, 1.807) is 6.07 Å². The van der Waals surface area contributed by atoms with E-state index in [-0.39, 0.29) is 12.1 Å². The molecular formula is C8H11FN2O3S. The van der Waals surface area contributed by atoms with Crippen LogP contribution in [0.2, 0.25) is 0 Å². The van der Waals surface area contributed by atoms with Gasteiger partial charge in [-0.2, -0.15) is 13.1 Å². The molecule has 1 aromatic rings. The Bertz CT molecular complexity index is 435. The van der Waals surface area contributed by atoms with Crippen molar-refractivity contribution < 1.29 is 17.9 Å². The van der Waals surface area contributed by atoms with Crippen LogP contribution in [0, 0.1) is 5.82 Å². The lowest BCUT2D eigenvalue weighted by Gasteiger charge is -2.11. The number of benzene rings is 1. The lowest BCUT2D eigenvalue weighted by molar-refractivity contribution is 0.177. The third kappa shape index (κ3) is 3.92. The minimum absolute atomic E-state index is 0.0219. The van der Waals surface area contributed by atoms with E-state index < -0.39 is 22.1 Å². The zero-order valence-electron chi connectivity index (χ0n) is 7.72. The number of hydrogen-bond acceptors (Lipinski definition) is 3. The van der Waals surface area contributed by atoms with E-state index >= 15 is 0 Å². The number of nitrogens with one attached hydrogen (secondary N) is 1. The quantitative estimate of drug-likeness (QED) is 0.665. The number of halogens is 1. The normalized spacial score (nSPS) is 13.8. The molecule has 84 valence electrons. The molecule has 1 rings (SSSR count). The Hall–Kier alpha value is -1.02. The third-order valence-corrected chi connectivity index (χ3v) is 2.31. The highest BCUT2D eigenvalue weighted by Crippen LogP contribution is 2.15. The van der Waals surface area contributed by atoms with Gasteiger partial charge in [-0.3, -0.25) is 0 Å². The Morgan fingerprint density at radius 2 is 2.07 bits per heavy atom. The van der Waals surface area contributed by atoms with Crippen molar-refractivity contribution in [3.8, 4) is 0 Å². The van der Waals surface area contributed by atoms with Gasteiger partial charge in [0, 0.05) is 12.1 Å². The maximum Gasteiger partial charge on any atom is 0.274 e. The Labute approximate surface area is 86.9 Å². The number of hydrogen-bond donors (Lipinski definition) is 3. The van der Waals surface area contributed by atoms with E-state index in [4.69, 9.17) is 0 Å². The van der Waals surface area contributed by atoms with E-state index in [9.17, 15) is 17.9 Å². The zero-order valence-corrected chi connectivity index (χ0v) is 8.54. The molecule has 1 aromatic carbocycles. The zero-order chi connectivity index (χ0) is 11.5. The van der Waals surface area contributed by atoms with E-state index in [1.165, 1.54) is 18.2 Å². The fourth-order valence-electron chi connectivity index (χ4n) is 1.05. The van der Waals surface area contributed by atoms with Crippen LogP contribution >= 0.6 is 0 Å². The molecule has 0 fully saturated rings. The van der Waals surface area contributed by atoms with Crippen LogP contribution in [0.5, 0.6) is 0 Å². The van der Waals surface area contributed by atoms with Crippen molar-refractivity contribution in [2.24, 2.45) is 5.14 Å². The van der Waals surface area contributed by atoms with Crippen LogP contribution in [-0.4, -0.2) is 20.1 Å². The molecule has 5 nitrogen and oxygen atoms in total. The summed E-state index contributed by atoms with van der Waals surface area (Å²) in [5, 5.41) is 14.1. The average molecular weight is 234 g/mol. The van der Waals surface area contributed by atoms with Crippen molar-refractivity contribution in [3.63, 3.8) is 0 Å². The molecule has 4 N–H and O–H groups in total. The van der Waals surface area contributed by atoms with Gasteiger partial charge in [-0.15, -0.1) is 0 Å². The number of nitrogens with two attached hydrogens (primary N) is 1. The van der Waals surface area contributed by atoms with Gasteiger partial charge in [0.05, 0.1) is 6.10 Å². The molecule has 0 aliphatic heterocycles. The molecule has 7 heteroatoms. The number of rotatable bonds is 4. The maximum absolute atomic E-state index is 13.1. The van der Waals surface area contributed by atoms with E-state index in [1.807, 2.05) is 4.72 Å². The summed E-state index contributed by atoms with van der Waals surface area (Å²) in [6.07, 6.45) is -1.26. The molecule has 0 saturated heterocycles. The average Bonchev–Trinajstić information content (AvgIpc) is 2.14. The van der Waals surface area contributed by atoms with E-state index in [2.05, 4.69) is 5.14 Å². The number of aliphatic hydroxyl groups is 1. The molecule has 0 saturated carbocycles. The van der Waals surface area contributed by atoms with Crippen LogP contribution in [0.4, 0.5) is 4.39 Å². The van der Waals surface area contributed by atoms with Crippen molar-refractivity contribution in [2.75, 3.05) is 6.54 Å². The van der Waals surface area contributed by atoms with Gasteiger partial charge in [0.2, 0.25) is 0 Å². The molecule has 0 spiro atoms. The lowest BCUT2D eigenvalue weighted by atomic mass is 10.1. The van der Waals surface area contributed by atoms with Gasteiger partial charge in [0.25, 0.3) is 10.2 Å². The maximum atomic E-state index is 13.1. The summed E-state index contributed by atoms with van der Waals surface area (Å²) in [5.74, 6) is -0.596. The summed E-state index contributed by atoms with van der Waals surface area (Å²) >= 11 is 0. The second-order valence-corrected chi connectivity index (χ2v) is 4.31. The van der Waals surface area contributed by atoms with Gasteiger partial charge in [0.1, 0.15) is 5.82 Å². The highest BCUT2D eigenvalue weighted by Gasteiger charge is 2.13. The Kier molecular flexibility index (Phi) is 3.75. The first-order valence-electron chi connectivity index (χ1n) is 4.10. The van der Waals surface area contributed by atoms with Gasteiger partial charge in [-0.1, -0.05) is 18.2 Å². The fourth-order valence-corrected chi connectivity index (χ4v) is 1.44. The predicted octanol–water partition coefficient (Wildman–Crippen LogP) is -0.348. The number of aliphatic hydroxyl groups excluding tert-OH is 1. The second-order valence-electron chi connectivity index (χ2n) is 2.93. The summed E-state index contributed by atoms with van der Waals surface area (Å²) in [4.78, 5) is 0. The smallest absolute Gasteiger partial charge is 0.274 e. The molecule has 0 aliphatic rings. The molecule has 0 heterocycles. The van der Waals surface area contributed by atoms with Gasteiger partial charge in [-0.25, -0.2) is 9.53 Å². The Morgan fingerprint density at radius 3 is 2.60 bits per heavy atom. The molecule has 0 bridgehead atoms. The molecule has 1 atom stereocenters. The molecule has 0 amide bonds. The van der Waals surface area contributed by atoms with Crippen molar-refractivity contribution in [2.45, 2.75) is 6.10 Å². The largest absolute Gasteiger partial charge is 0.387 e. The van der Waals surface area contributed by atoms with Crippen molar-refractivity contribution in [3.05, 3.63) is 35.6 Å². The molecule has 15 heavy (non-hydrogen) atoms. The van der Waals surface area contributed by atoms with Gasteiger partial charge < -0.3 is 5.11 Å². The topological polar surface area (TPSA) is 92.4 Å². The molecule has 0 aliphatic carbocycles. The minimum atomic E-state index is -3.87. The SMILES string of the molecule is NS(=O)(=O)NCC(O)c1ccccc1F. The fraction of sp³-hybridized carbons (Fsp3) is 0.250. The Balaban J connectivity index is 2.70. The lowest BCUT2D eigenvalue weighted by Crippen LogP contribution is -2.34. The van der Waals surface area contributed by atoms with Gasteiger partial charge in [0.15, 0.2) is 0 Å². The van der Waals surface area contributed by atoms with Crippen LogP contribution in [-0.2, 0) is 10.2 Å². The summed E-state index contributed by atoms with van der Waals surface area (Å²) in [7, 11) is -3.87. The monoisotopic (exact) mass is 234 g/mol. The van der Waals surface area contributed by atoms with Crippen LogP contribution in [0.1, 0.15) is 11.7 Å². The summed E-state index contributed by atoms with van der Waals surface area (Å²) in [6, 6.07) is 5.55. The van der Waals surface area contributed by atoms with Crippen molar-refractivity contribution >= 4 is 10.2 Å². The van der Waals surface area contributed by atoms with E-state index in [0.29, 0.717) is 0 Å². The van der Waals surface area contributed by atoms with Gasteiger partial charge in [-0.05, 0) is 6.07 Å². The molecule has 0 aromatic heterocycles. The first kappa shape index (κ1) is 12.1. The van der Waals surface area contributed by atoms with Gasteiger partial charge >= 0.3 is 0 Å². The highest BCUT2D eigenvalue weighted by atomic mass is 32.2. The Morgan fingerprint density at radius 1 is 1.47 bits per heavy atom. The van der Waals surface area contributed by atoms with Crippen molar-refractivity contribution in [1.82, 2.24) is 4.72 Å². The second kappa shape index (κ2) is 4.67. The summed E-state index contributed by atoms with van der Waals surface area (Å²) < 4.78 is 36.0. The third-order valence-electron chi connectivity index (χ3n) is 1.74. The first-order chi connectivity index (χ1) is 6.90. The summed E-state index contributed by atoms with van der Waals surface area (Å²) in [6.45, 7) is -0.361. The van der Waals surface area contributed by atoms with Crippen LogP contribution < -0.4 is 9.86 Å². The highest BCUT2D eigenvalue weighted by molar-refractivity contribution is 7.87. The molecule has 0 radical (unpaired) electrons. The molecular weight excluding hydrogens is 223 g/mol. The van der Waals surface area contributed by atoms with Crippen LogP contribution in [0.25, 0.3) is 0 Å². The van der Waals surface area contributed by atoms with Crippen LogP contribution in [0.3, 0.4) is 0 Å². The minimum Gasteiger partial charge on any atom is -0.387 e.